The van der Waals surface area contributed by atoms with Crippen LogP contribution in [0.25, 0.3) is 0 Å². The Morgan fingerprint density at radius 3 is 0.444 bits per heavy atom. The molecule has 0 bridgehead atoms. The van der Waals surface area contributed by atoms with Crippen molar-refractivity contribution < 1.29 is 47.4 Å². The predicted octanol–water partition coefficient (Wildman–Crippen LogP) is 27.3. The van der Waals surface area contributed by atoms with Gasteiger partial charge in [-0.1, -0.05) is 283 Å². The van der Waals surface area contributed by atoms with Crippen LogP contribution in [0.15, 0.2) is 249 Å². The second kappa shape index (κ2) is 62.6. The van der Waals surface area contributed by atoms with E-state index < -0.39 is 0 Å². The molecule has 596 valence electrons. The molecular formula is C97H142O10S. The number of methoxy groups -OCH3 is 10. The highest BCUT2D eigenvalue weighted by atomic mass is 32.1. The summed E-state index contributed by atoms with van der Waals surface area (Å²) in [6, 6.07) is 82.9. The first-order valence-electron chi connectivity index (χ1n) is 36.5. The summed E-state index contributed by atoms with van der Waals surface area (Å²) in [6.45, 7) is 36.4. The van der Waals surface area contributed by atoms with Crippen molar-refractivity contribution in [1.29, 1.82) is 0 Å². The molecule has 0 atom stereocenters. The molecule has 11 heteroatoms. The molecule has 10 rings (SSSR count). The zero-order valence-electron chi connectivity index (χ0n) is 70.0. The van der Waals surface area contributed by atoms with E-state index in [9.17, 15) is 0 Å². The number of benzene rings is 10. The van der Waals surface area contributed by atoms with Crippen molar-refractivity contribution in [2.45, 2.75) is 174 Å². The van der Waals surface area contributed by atoms with Crippen molar-refractivity contribution in [2.75, 3.05) is 77.4 Å². The fraction of sp³-hybridized carbons (Fsp3) is 0.381. The molecule has 10 aromatic rings. The third-order valence-corrected chi connectivity index (χ3v) is 15.8. The van der Waals surface area contributed by atoms with Crippen LogP contribution in [-0.4, -0.2) is 77.4 Å². The molecule has 0 aliphatic rings. The first-order valence-corrected chi connectivity index (χ1v) is 37.4. The highest BCUT2D eigenvalue weighted by Gasteiger charge is 2.25. The maximum Gasteiger partial charge on any atom is 0.121 e. The quantitative estimate of drug-likeness (QED) is 0.0943. The maximum atomic E-state index is 5.20. The number of para-hydroxylation sites is 4. The zero-order valence-corrected chi connectivity index (χ0v) is 70.9. The van der Waals surface area contributed by atoms with Gasteiger partial charge in [0.2, 0.25) is 0 Å². The number of ether oxygens (including phenoxy) is 10. The largest absolute Gasteiger partial charge is 0.497 e. The van der Waals surface area contributed by atoms with E-state index in [1.807, 2.05) is 197 Å². The van der Waals surface area contributed by atoms with E-state index in [0.717, 1.165) is 57.5 Å². The lowest BCUT2D eigenvalue weighted by Crippen LogP contribution is -2.18. The van der Waals surface area contributed by atoms with Crippen molar-refractivity contribution >= 4 is 12.6 Å². The van der Waals surface area contributed by atoms with Crippen molar-refractivity contribution in [3.8, 4) is 57.5 Å². The van der Waals surface area contributed by atoms with Gasteiger partial charge in [0.05, 0.1) is 71.1 Å². The molecule has 0 fully saturated rings. The van der Waals surface area contributed by atoms with Gasteiger partial charge in [-0.3, -0.25) is 0 Å². The van der Waals surface area contributed by atoms with Crippen LogP contribution < -0.4 is 47.4 Å². The van der Waals surface area contributed by atoms with Gasteiger partial charge in [0, 0.05) is 16.2 Å². The Bertz CT molecular complexity index is 3170. The smallest absolute Gasteiger partial charge is 0.121 e. The Morgan fingerprint density at radius 1 is 0.204 bits per heavy atom. The van der Waals surface area contributed by atoms with E-state index in [4.69, 9.17) is 47.4 Å². The zero-order chi connectivity index (χ0) is 80.4. The second-order valence-corrected chi connectivity index (χ2v) is 25.5. The number of aryl methyl sites for hydroxylation is 3. The lowest BCUT2D eigenvalue weighted by atomic mass is 9.78. The minimum absolute atomic E-state index is 0. The number of hydrogen-bond donors (Lipinski definition) is 1. The molecule has 0 aliphatic carbocycles. The maximum absolute atomic E-state index is 5.20. The summed E-state index contributed by atoms with van der Waals surface area (Å²) in [7, 11) is 16.8. The molecule has 0 amide bonds. The van der Waals surface area contributed by atoms with E-state index in [1.165, 1.54) is 75.8 Å². The normalized spacial score (nSPS) is 9.53. The van der Waals surface area contributed by atoms with Crippen LogP contribution in [0.3, 0.4) is 0 Å². The molecule has 0 unspecified atom stereocenters. The van der Waals surface area contributed by atoms with Gasteiger partial charge >= 0.3 is 0 Å². The standard InChI is InChI=1S/3C17H20O2.3C8H10O.C7H8O.4C3H8.CH4S.2CH4/c3*1-17(2,13-5-9-15(18-3)10-6-13)14-7-11-16(19-4)12-8-14;3*1-7-5-3-4-6-8(7)9-2;1-8-7-5-3-2-4-6-7;4*1-3-2;1-2;;/h3*5-12H,1-4H3;3*3-6H,1-2H3;2-6H,1H3;4*3H2,1-2H3;2H,1H3;2*1H4. The first kappa shape index (κ1) is 105. The van der Waals surface area contributed by atoms with Crippen molar-refractivity contribution in [3.05, 3.63) is 299 Å². The highest BCUT2D eigenvalue weighted by Crippen LogP contribution is 2.36. The molecule has 0 radical (unpaired) electrons. The SMILES string of the molecule is C.C.CCC.CCC.CCC.CCC.COc1ccc(C(C)(C)c2ccc(OC)cc2)cc1.COc1ccc(C(C)(C)c2ccc(OC)cc2)cc1.COc1ccc(C(C)(C)c2ccc(OC)cc2)cc1.COc1ccccc1.COc1ccccc1C.COc1ccccc1C.COc1ccccc1C.CS. The van der Waals surface area contributed by atoms with Crippen LogP contribution >= 0.6 is 12.6 Å². The molecule has 0 saturated carbocycles. The summed E-state index contributed by atoms with van der Waals surface area (Å²) in [5.41, 5.74) is 11.0. The van der Waals surface area contributed by atoms with E-state index in [2.05, 4.69) is 182 Å². The van der Waals surface area contributed by atoms with Gasteiger partial charge in [0.15, 0.2) is 0 Å². The van der Waals surface area contributed by atoms with Crippen LogP contribution in [0.1, 0.15) is 188 Å². The van der Waals surface area contributed by atoms with Gasteiger partial charge in [-0.2, -0.15) is 12.6 Å². The summed E-state index contributed by atoms with van der Waals surface area (Å²) < 4.78 is 51.3. The Kier molecular flexibility index (Phi) is 60.8. The Labute approximate surface area is 664 Å². The fourth-order valence-corrected chi connectivity index (χ4v) is 9.46. The van der Waals surface area contributed by atoms with Crippen LogP contribution in [0.4, 0.5) is 0 Å². The Hall–Kier alpha value is -9.45. The molecule has 0 saturated heterocycles. The molecule has 0 aromatic heterocycles. The van der Waals surface area contributed by atoms with Crippen molar-refractivity contribution in [3.63, 3.8) is 0 Å². The molecule has 0 spiro atoms. The highest BCUT2D eigenvalue weighted by molar-refractivity contribution is 7.79. The Morgan fingerprint density at radius 2 is 0.333 bits per heavy atom. The van der Waals surface area contributed by atoms with Crippen molar-refractivity contribution in [1.82, 2.24) is 0 Å². The van der Waals surface area contributed by atoms with Gasteiger partial charge in [0.1, 0.15) is 57.5 Å². The van der Waals surface area contributed by atoms with Gasteiger partial charge in [-0.05, 0) is 180 Å². The first-order chi connectivity index (χ1) is 50.8. The van der Waals surface area contributed by atoms with Crippen LogP contribution in [0, 0.1) is 20.8 Å². The van der Waals surface area contributed by atoms with Crippen LogP contribution in [0.2, 0.25) is 0 Å². The number of hydrogen-bond acceptors (Lipinski definition) is 11. The third-order valence-electron chi connectivity index (χ3n) is 15.8. The molecule has 0 aliphatic heterocycles. The summed E-state index contributed by atoms with van der Waals surface area (Å²) in [6.07, 6.45) is 6.69. The average molecular weight is 1500 g/mol. The van der Waals surface area contributed by atoms with E-state index in [1.54, 1.807) is 77.4 Å². The summed E-state index contributed by atoms with van der Waals surface area (Å²) in [5, 5.41) is 0. The van der Waals surface area contributed by atoms with Crippen molar-refractivity contribution in [2.24, 2.45) is 0 Å². The van der Waals surface area contributed by atoms with E-state index in [-0.39, 0.29) is 31.1 Å². The molecule has 0 heterocycles. The van der Waals surface area contributed by atoms with Gasteiger partial charge < -0.3 is 47.4 Å². The molecule has 10 aromatic carbocycles. The summed E-state index contributed by atoms with van der Waals surface area (Å²) in [4.78, 5) is 0. The molecular weight excluding hydrogens is 1360 g/mol. The summed E-state index contributed by atoms with van der Waals surface area (Å²) >= 11 is 3.53. The molecule has 0 N–H and O–H groups in total. The predicted molar refractivity (Wildman–Crippen MR) is 473 cm³/mol. The van der Waals surface area contributed by atoms with Gasteiger partial charge in [-0.25, -0.2) is 0 Å². The lowest BCUT2D eigenvalue weighted by molar-refractivity contribution is 0.411. The van der Waals surface area contributed by atoms with Crippen LogP contribution in [0.5, 0.6) is 57.5 Å². The monoisotopic (exact) mass is 1500 g/mol. The van der Waals surface area contributed by atoms with E-state index >= 15 is 0 Å². The van der Waals surface area contributed by atoms with Crippen LogP contribution in [-0.2, 0) is 16.2 Å². The van der Waals surface area contributed by atoms with E-state index in [0.29, 0.717) is 0 Å². The second-order valence-electron chi connectivity index (χ2n) is 25.5. The number of thiol groups is 1. The summed E-state index contributed by atoms with van der Waals surface area (Å²) in [5.74, 6) is 9.08. The van der Waals surface area contributed by atoms with Gasteiger partial charge in [-0.15, -0.1) is 0 Å². The minimum atomic E-state index is -0.0431. The Balaban J connectivity index is -0.000000579. The topological polar surface area (TPSA) is 92.3 Å². The lowest BCUT2D eigenvalue weighted by Gasteiger charge is -2.26. The third kappa shape index (κ3) is 40.5. The number of rotatable bonds is 16. The average Bonchev–Trinajstić information content (AvgIpc) is 0.817. The fourth-order valence-electron chi connectivity index (χ4n) is 9.46. The van der Waals surface area contributed by atoms with Gasteiger partial charge in [0.25, 0.3) is 0 Å². The molecule has 10 nitrogen and oxygen atoms in total. The molecule has 108 heavy (non-hydrogen) atoms. The minimum Gasteiger partial charge on any atom is -0.497 e.